The van der Waals surface area contributed by atoms with E-state index in [0.717, 1.165) is 11.5 Å². The molecule has 17 heavy (non-hydrogen) atoms. The van der Waals surface area contributed by atoms with Gasteiger partial charge in [-0.05, 0) is 37.0 Å². The Morgan fingerprint density at radius 3 is 2.94 bits per heavy atom. The molecule has 0 amide bonds. The van der Waals surface area contributed by atoms with Gasteiger partial charge in [0.1, 0.15) is 5.37 Å². The molecule has 1 aromatic rings. The summed E-state index contributed by atoms with van der Waals surface area (Å²) < 4.78 is 10.8. The Balaban J connectivity index is 1.89. The third-order valence-corrected chi connectivity index (χ3v) is 4.04. The van der Waals surface area contributed by atoms with Gasteiger partial charge in [0.2, 0.25) is 6.79 Å². The first-order valence-corrected chi connectivity index (χ1v) is 6.69. The normalized spacial score (nSPS) is 21.6. The van der Waals surface area contributed by atoms with Crippen LogP contribution in [-0.2, 0) is 0 Å². The van der Waals surface area contributed by atoms with Gasteiger partial charge in [-0.25, -0.2) is 0 Å². The molecule has 0 aromatic heterocycles. The molecule has 1 atom stereocenters. The molecule has 0 spiro atoms. The molecule has 1 unspecified atom stereocenters. The maximum absolute atomic E-state index is 5.42. The maximum Gasteiger partial charge on any atom is 0.231 e. The lowest BCUT2D eigenvalue weighted by Crippen LogP contribution is -2.25. The van der Waals surface area contributed by atoms with Crippen molar-refractivity contribution in [1.29, 1.82) is 0 Å². The number of hydrogen-bond acceptors (Lipinski definition) is 4. The van der Waals surface area contributed by atoms with Gasteiger partial charge in [0.05, 0.1) is 0 Å². The lowest BCUT2D eigenvalue weighted by molar-refractivity contribution is 0.174. The summed E-state index contributed by atoms with van der Waals surface area (Å²) in [7, 11) is 0. The Kier molecular flexibility index (Phi) is 2.67. The van der Waals surface area contributed by atoms with E-state index in [4.69, 9.17) is 9.47 Å². The molecule has 0 fully saturated rings. The average Bonchev–Trinajstić information content (AvgIpc) is 2.96. The SMILES string of the molecule is CC(C)N1C=CSC1c1ccc2c(c1)OCO2. The quantitative estimate of drug-likeness (QED) is 0.801. The van der Waals surface area contributed by atoms with Crippen molar-refractivity contribution in [2.45, 2.75) is 25.3 Å². The summed E-state index contributed by atoms with van der Waals surface area (Å²) in [5.41, 5.74) is 1.26. The van der Waals surface area contributed by atoms with E-state index < -0.39 is 0 Å². The van der Waals surface area contributed by atoms with Crippen LogP contribution in [0, 0.1) is 0 Å². The summed E-state index contributed by atoms with van der Waals surface area (Å²) >= 11 is 1.83. The number of ether oxygens (including phenoxy) is 2. The van der Waals surface area contributed by atoms with Crippen LogP contribution in [0.25, 0.3) is 0 Å². The fraction of sp³-hybridized carbons (Fsp3) is 0.385. The minimum absolute atomic E-state index is 0.336. The number of hydrogen-bond donors (Lipinski definition) is 0. The Morgan fingerprint density at radius 2 is 2.12 bits per heavy atom. The summed E-state index contributed by atoms with van der Waals surface area (Å²) in [4.78, 5) is 2.35. The standard InChI is InChI=1S/C13H15NO2S/c1-9(2)14-5-6-17-13(14)10-3-4-11-12(7-10)16-8-15-11/h3-7,9,13H,8H2,1-2H3. The van der Waals surface area contributed by atoms with Crippen LogP contribution in [0.5, 0.6) is 11.5 Å². The van der Waals surface area contributed by atoms with E-state index in [0.29, 0.717) is 18.2 Å². The van der Waals surface area contributed by atoms with Gasteiger partial charge in [-0.1, -0.05) is 6.07 Å². The number of fused-ring (bicyclic) bond motifs is 1. The number of nitrogens with zero attached hydrogens (tertiary/aromatic N) is 1. The van der Waals surface area contributed by atoms with Crippen LogP contribution in [0.2, 0.25) is 0 Å². The number of rotatable bonds is 2. The highest BCUT2D eigenvalue weighted by Gasteiger charge is 2.25. The second-order valence-corrected chi connectivity index (χ2v) is 5.42. The van der Waals surface area contributed by atoms with Crippen molar-refractivity contribution in [3.8, 4) is 11.5 Å². The van der Waals surface area contributed by atoms with Gasteiger partial charge in [-0.3, -0.25) is 0 Å². The van der Waals surface area contributed by atoms with Crippen LogP contribution < -0.4 is 9.47 Å². The van der Waals surface area contributed by atoms with Crippen LogP contribution in [0.3, 0.4) is 0 Å². The molecule has 0 saturated carbocycles. The van der Waals surface area contributed by atoms with Crippen LogP contribution >= 0.6 is 11.8 Å². The zero-order valence-corrected chi connectivity index (χ0v) is 10.7. The van der Waals surface area contributed by atoms with Gasteiger partial charge >= 0.3 is 0 Å². The Hall–Kier alpha value is -1.29. The fourth-order valence-electron chi connectivity index (χ4n) is 2.09. The molecule has 2 aliphatic rings. The molecular formula is C13H15NO2S. The van der Waals surface area contributed by atoms with E-state index in [2.05, 4.69) is 42.5 Å². The summed E-state index contributed by atoms with van der Waals surface area (Å²) in [5, 5.41) is 2.50. The van der Waals surface area contributed by atoms with Crippen molar-refractivity contribution in [3.05, 3.63) is 35.4 Å². The van der Waals surface area contributed by atoms with Crippen molar-refractivity contribution in [3.63, 3.8) is 0 Å². The summed E-state index contributed by atoms with van der Waals surface area (Å²) in [5.74, 6) is 1.71. The second-order valence-electron chi connectivity index (χ2n) is 4.43. The highest BCUT2D eigenvalue weighted by molar-refractivity contribution is 8.02. The molecule has 90 valence electrons. The molecule has 3 rings (SSSR count). The lowest BCUT2D eigenvalue weighted by atomic mass is 10.1. The van der Waals surface area contributed by atoms with E-state index in [-0.39, 0.29) is 0 Å². The van der Waals surface area contributed by atoms with Crippen LogP contribution in [0.1, 0.15) is 24.8 Å². The first-order valence-electron chi connectivity index (χ1n) is 5.75. The number of benzene rings is 1. The van der Waals surface area contributed by atoms with E-state index >= 15 is 0 Å². The largest absolute Gasteiger partial charge is 0.454 e. The van der Waals surface area contributed by atoms with E-state index in [1.165, 1.54) is 5.56 Å². The summed E-state index contributed by atoms with van der Waals surface area (Å²) in [6.45, 7) is 4.75. The predicted octanol–water partition coefficient (Wildman–Crippen LogP) is 3.34. The zero-order valence-electron chi connectivity index (χ0n) is 9.92. The number of thioether (sulfide) groups is 1. The molecule has 0 N–H and O–H groups in total. The second kappa shape index (κ2) is 4.18. The summed E-state index contributed by atoms with van der Waals surface area (Å²) in [6, 6.07) is 6.70. The smallest absolute Gasteiger partial charge is 0.231 e. The Bertz CT molecular complexity index is 459. The van der Waals surface area contributed by atoms with Crippen molar-refractivity contribution < 1.29 is 9.47 Å². The molecule has 0 bridgehead atoms. The minimum atomic E-state index is 0.336. The van der Waals surface area contributed by atoms with Crippen molar-refractivity contribution in [2.75, 3.05) is 6.79 Å². The van der Waals surface area contributed by atoms with Gasteiger partial charge in [-0.2, -0.15) is 0 Å². The van der Waals surface area contributed by atoms with Gasteiger partial charge in [0.15, 0.2) is 11.5 Å². The van der Waals surface area contributed by atoms with Crippen LogP contribution in [0.15, 0.2) is 29.8 Å². The molecule has 1 aromatic carbocycles. The molecule has 0 radical (unpaired) electrons. The van der Waals surface area contributed by atoms with Gasteiger partial charge < -0.3 is 14.4 Å². The molecular weight excluding hydrogens is 234 g/mol. The summed E-state index contributed by atoms with van der Waals surface area (Å²) in [6.07, 6.45) is 2.16. The lowest BCUT2D eigenvalue weighted by Gasteiger charge is -2.28. The minimum Gasteiger partial charge on any atom is -0.454 e. The average molecular weight is 249 g/mol. The maximum atomic E-state index is 5.42. The molecule has 0 aliphatic carbocycles. The van der Waals surface area contributed by atoms with Crippen molar-refractivity contribution in [2.24, 2.45) is 0 Å². The van der Waals surface area contributed by atoms with Crippen molar-refractivity contribution >= 4 is 11.8 Å². The molecule has 4 heteroatoms. The molecule has 3 nitrogen and oxygen atoms in total. The first-order chi connectivity index (χ1) is 8.25. The highest BCUT2D eigenvalue weighted by Crippen LogP contribution is 2.43. The Morgan fingerprint density at radius 1 is 1.29 bits per heavy atom. The highest BCUT2D eigenvalue weighted by atomic mass is 32.2. The fourth-order valence-corrected chi connectivity index (χ4v) is 3.21. The predicted molar refractivity (Wildman–Crippen MR) is 69.0 cm³/mol. The van der Waals surface area contributed by atoms with E-state index in [1.807, 2.05) is 17.8 Å². The van der Waals surface area contributed by atoms with Gasteiger partial charge in [-0.15, -0.1) is 11.8 Å². The topological polar surface area (TPSA) is 21.7 Å². The van der Waals surface area contributed by atoms with E-state index in [1.54, 1.807) is 0 Å². The van der Waals surface area contributed by atoms with Crippen LogP contribution in [-0.4, -0.2) is 17.7 Å². The van der Waals surface area contributed by atoms with Gasteiger partial charge in [0, 0.05) is 12.2 Å². The van der Waals surface area contributed by atoms with Gasteiger partial charge in [0.25, 0.3) is 0 Å². The Labute approximate surface area is 105 Å². The monoisotopic (exact) mass is 249 g/mol. The van der Waals surface area contributed by atoms with Crippen LogP contribution in [0.4, 0.5) is 0 Å². The molecule has 2 aliphatic heterocycles. The first kappa shape index (κ1) is 10.8. The zero-order chi connectivity index (χ0) is 11.8. The third-order valence-electron chi connectivity index (χ3n) is 2.99. The molecule has 2 heterocycles. The molecule has 0 saturated heterocycles. The van der Waals surface area contributed by atoms with E-state index in [9.17, 15) is 0 Å². The third kappa shape index (κ3) is 1.86. The van der Waals surface area contributed by atoms with Crippen molar-refractivity contribution in [1.82, 2.24) is 4.90 Å².